The van der Waals surface area contributed by atoms with Gasteiger partial charge in [0, 0.05) is 12.8 Å². The van der Waals surface area contributed by atoms with E-state index < -0.39 is 87.9 Å². The average molecular weight is 889 g/mol. The Morgan fingerprint density at radius 1 is 0.590 bits per heavy atom. The highest BCUT2D eigenvalue weighted by molar-refractivity contribution is 7.47. The highest BCUT2D eigenvalue weighted by Gasteiger charge is 2.51. The third-order valence-corrected chi connectivity index (χ3v) is 11.0. The van der Waals surface area contributed by atoms with Gasteiger partial charge in [-0.3, -0.25) is 18.6 Å². The largest absolute Gasteiger partial charge is 0.472 e. The number of unbranched alkanes of at least 4 members (excludes halogenated alkanes) is 9. The first kappa shape index (κ1) is 56.5. The number of aliphatic hydroxyl groups excluding tert-OH is 7. The SMILES string of the molecule is CC/C=C\C/C=C\C/C=C\C/C=C\C[C@H](O)[C@@H](O)CCCC(=O)OC[C@H](COP(=O)(O)OC1[C@H](O)[C@H](O)C(O)[C@H](O)[C@H]1O)OC(=O)CCCCCCC/C=C\CCCCCC. The van der Waals surface area contributed by atoms with Crippen molar-refractivity contribution < 1.29 is 73.3 Å². The number of hydrogen-bond acceptors (Lipinski definition) is 14. The van der Waals surface area contributed by atoms with Crippen molar-refractivity contribution in [2.75, 3.05) is 13.2 Å². The number of rotatable bonds is 35. The molecule has 0 heterocycles. The molecule has 0 amide bonds. The molecule has 0 spiro atoms. The zero-order valence-electron chi connectivity index (χ0n) is 36.4. The molecule has 3 unspecified atom stereocenters. The van der Waals surface area contributed by atoms with Gasteiger partial charge in [-0.05, 0) is 77.0 Å². The molecule has 352 valence electrons. The summed E-state index contributed by atoms with van der Waals surface area (Å²) in [5, 5.41) is 70.8. The van der Waals surface area contributed by atoms with E-state index >= 15 is 0 Å². The molecule has 1 rings (SSSR count). The van der Waals surface area contributed by atoms with E-state index in [4.69, 9.17) is 18.5 Å². The van der Waals surface area contributed by atoms with E-state index in [2.05, 4.69) is 56.4 Å². The number of aliphatic hydroxyl groups is 7. The molecule has 0 saturated heterocycles. The second-order valence-electron chi connectivity index (χ2n) is 15.5. The maximum absolute atomic E-state index is 12.8. The van der Waals surface area contributed by atoms with Crippen LogP contribution in [0, 0.1) is 0 Å². The number of carbonyl (C=O) groups is 2. The minimum Gasteiger partial charge on any atom is -0.462 e. The van der Waals surface area contributed by atoms with Crippen molar-refractivity contribution in [2.24, 2.45) is 0 Å². The summed E-state index contributed by atoms with van der Waals surface area (Å²) >= 11 is 0. The van der Waals surface area contributed by atoms with Gasteiger partial charge in [-0.25, -0.2) is 4.57 Å². The van der Waals surface area contributed by atoms with Gasteiger partial charge in [0.1, 0.15) is 43.2 Å². The molecule has 0 aliphatic heterocycles. The Kier molecular flexibility index (Phi) is 32.3. The molecule has 16 heteroatoms. The van der Waals surface area contributed by atoms with Gasteiger partial charge in [0.15, 0.2) is 6.10 Å². The Labute approximate surface area is 363 Å². The summed E-state index contributed by atoms with van der Waals surface area (Å²) in [4.78, 5) is 35.7. The van der Waals surface area contributed by atoms with Crippen molar-refractivity contribution in [1.29, 1.82) is 0 Å². The summed E-state index contributed by atoms with van der Waals surface area (Å²) in [5.74, 6) is -1.40. The van der Waals surface area contributed by atoms with Crippen LogP contribution < -0.4 is 0 Å². The third kappa shape index (κ3) is 27.3. The molecular formula is C45H77O15P. The molecule has 1 aliphatic rings. The fourth-order valence-corrected chi connectivity index (χ4v) is 7.28. The zero-order valence-corrected chi connectivity index (χ0v) is 37.3. The number of ether oxygens (including phenoxy) is 2. The summed E-state index contributed by atoms with van der Waals surface area (Å²) in [7, 11) is -5.19. The smallest absolute Gasteiger partial charge is 0.462 e. The maximum atomic E-state index is 12.8. The summed E-state index contributed by atoms with van der Waals surface area (Å²) in [6.07, 6.45) is 20.1. The van der Waals surface area contributed by atoms with Crippen LogP contribution in [-0.2, 0) is 32.7 Å². The Hall–Kier alpha value is -2.53. The van der Waals surface area contributed by atoms with Crippen LogP contribution >= 0.6 is 7.82 Å². The lowest BCUT2D eigenvalue weighted by Crippen LogP contribution is -2.64. The lowest BCUT2D eigenvalue weighted by atomic mass is 9.85. The van der Waals surface area contributed by atoms with E-state index in [1.165, 1.54) is 25.7 Å². The van der Waals surface area contributed by atoms with Crippen molar-refractivity contribution in [2.45, 2.75) is 197 Å². The Morgan fingerprint density at radius 3 is 1.69 bits per heavy atom. The predicted octanol–water partition coefficient (Wildman–Crippen LogP) is 6.11. The van der Waals surface area contributed by atoms with Crippen molar-refractivity contribution in [3.63, 3.8) is 0 Å². The van der Waals surface area contributed by atoms with E-state index in [1.807, 2.05) is 12.2 Å². The third-order valence-electron chi connectivity index (χ3n) is 10.0. The maximum Gasteiger partial charge on any atom is 0.472 e. The lowest BCUT2D eigenvalue weighted by Gasteiger charge is -2.41. The van der Waals surface area contributed by atoms with Crippen LogP contribution in [0.4, 0.5) is 0 Å². The minimum absolute atomic E-state index is 0.0229. The van der Waals surface area contributed by atoms with Crippen LogP contribution in [0.5, 0.6) is 0 Å². The molecule has 0 aromatic heterocycles. The van der Waals surface area contributed by atoms with Crippen LogP contribution in [0.3, 0.4) is 0 Å². The standard InChI is InChI=1S/C45H77O15P/c1-3-5-7-9-11-13-15-17-19-21-23-25-27-31-39(49)59-35(34-58-61(55,56)60-45-43(53)41(51)40(50)42(52)44(45)54)33-57-38(48)32-28-30-37(47)36(46)29-26-24-22-20-18-16-14-12-10-8-6-4-2/h6,8,12-15,18,20,24,26,35-37,40-47,50-54H,3-5,7,9-11,16-17,19,21-23,25,27-34H2,1-2H3,(H,55,56)/b8-6-,14-12-,15-13-,20-18-,26-24-/t35-,36+,37+,40?,41-,42+,43-,44-,45?/m1/s1. The van der Waals surface area contributed by atoms with Gasteiger partial charge in [-0.2, -0.15) is 0 Å². The monoisotopic (exact) mass is 889 g/mol. The summed E-state index contributed by atoms with van der Waals surface area (Å²) in [6, 6.07) is 0. The molecule has 0 radical (unpaired) electrons. The molecular weight excluding hydrogens is 811 g/mol. The van der Waals surface area contributed by atoms with Gasteiger partial charge in [0.25, 0.3) is 0 Å². The second kappa shape index (κ2) is 34.9. The van der Waals surface area contributed by atoms with Crippen LogP contribution in [0.25, 0.3) is 0 Å². The highest BCUT2D eigenvalue weighted by Crippen LogP contribution is 2.47. The quantitative estimate of drug-likeness (QED) is 0.0155. The lowest BCUT2D eigenvalue weighted by molar-refractivity contribution is -0.220. The average Bonchev–Trinajstić information content (AvgIpc) is 3.23. The van der Waals surface area contributed by atoms with Crippen LogP contribution in [0.15, 0.2) is 60.8 Å². The molecule has 0 aromatic carbocycles. The first-order chi connectivity index (χ1) is 29.2. The first-order valence-electron chi connectivity index (χ1n) is 22.3. The highest BCUT2D eigenvalue weighted by atomic mass is 31.2. The van der Waals surface area contributed by atoms with Crippen molar-refractivity contribution in [1.82, 2.24) is 0 Å². The Morgan fingerprint density at radius 2 is 1.10 bits per heavy atom. The molecule has 1 fully saturated rings. The fraction of sp³-hybridized carbons (Fsp3) is 0.733. The molecule has 1 saturated carbocycles. The number of esters is 2. The van der Waals surface area contributed by atoms with E-state index in [0.29, 0.717) is 12.8 Å². The number of carbonyl (C=O) groups excluding carboxylic acids is 2. The fourth-order valence-electron chi connectivity index (χ4n) is 6.31. The van der Waals surface area contributed by atoms with Gasteiger partial charge >= 0.3 is 19.8 Å². The van der Waals surface area contributed by atoms with Gasteiger partial charge in [-0.1, -0.05) is 113 Å². The number of phosphoric ester groups is 1. The number of hydrogen-bond donors (Lipinski definition) is 8. The van der Waals surface area contributed by atoms with Gasteiger partial charge < -0.3 is 50.1 Å². The van der Waals surface area contributed by atoms with E-state index in [-0.39, 0.29) is 32.1 Å². The van der Waals surface area contributed by atoms with E-state index in [1.54, 1.807) is 6.08 Å². The first-order valence-corrected chi connectivity index (χ1v) is 23.8. The summed E-state index contributed by atoms with van der Waals surface area (Å²) < 4.78 is 33.3. The van der Waals surface area contributed by atoms with Crippen molar-refractivity contribution >= 4 is 19.8 Å². The normalized spacial score (nSPS) is 23.6. The Bertz CT molecular complexity index is 1330. The summed E-state index contributed by atoms with van der Waals surface area (Å²) in [5.41, 5.74) is 0. The Balaban J connectivity index is 2.60. The van der Waals surface area contributed by atoms with Crippen molar-refractivity contribution in [3.8, 4) is 0 Å². The predicted molar refractivity (Wildman–Crippen MR) is 233 cm³/mol. The molecule has 0 bridgehead atoms. The minimum atomic E-state index is -5.19. The van der Waals surface area contributed by atoms with Crippen LogP contribution in [0.1, 0.15) is 142 Å². The van der Waals surface area contributed by atoms with Gasteiger partial charge in [0.2, 0.25) is 0 Å². The topological polar surface area (TPSA) is 250 Å². The molecule has 1 aliphatic carbocycles. The number of allylic oxidation sites excluding steroid dienone is 9. The second-order valence-corrected chi connectivity index (χ2v) is 16.9. The van der Waals surface area contributed by atoms with E-state index in [9.17, 15) is 54.8 Å². The van der Waals surface area contributed by atoms with Crippen LogP contribution in [0.2, 0.25) is 0 Å². The number of phosphoric acid groups is 1. The molecule has 15 nitrogen and oxygen atoms in total. The van der Waals surface area contributed by atoms with Crippen LogP contribution in [-0.4, -0.2) is 121 Å². The molecule has 0 aromatic rings. The van der Waals surface area contributed by atoms with Gasteiger partial charge in [0.05, 0.1) is 18.8 Å². The zero-order chi connectivity index (χ0) is 45.3. The van der Waals surface area contributed by atoms with Gasteiger partial charge in [-0.15, -0.1) is 0 Å². The molecule has 61 heavy (non-hydrogen) atoms. The summed E-state index contributed by atoms with van der Waals surface area (Å²) in [6.45, 7) is 2.88. The molecule has 10 atom stereocenters. The van der Waals surface area contributed by atoms with Crippen molar-refractivity contribution in [3.05, 3.63) is 60.8 Å². The molecule has 8 N–H and O–H groups in total. The van der Waals surface area contributed by atoms with E-state index in [0.717, 1.165) is 57.8 Å².